The van der Waals surface area contributed by atoms with E-state index in [0.717, 1.165) is 0 Å². The van der Waals surface area contributed by atoms with Crippen LogP contribution in [0.15, 0.2) is 0 Å². The Bertz CT molecular complexity index is 42.7. The SMILES string of the molecule is O=[N+]([O-])O.[Cl-].[Cl-].[Co+3].[NH2-].[NH2-].[NH2-].[NH2-]. The number of nitrogens with zero attached hydrogens (tertiary/aromatic N) is 1. The number of hydrogen-bond donors (Lipinski definition) is 1. The fraction of sp³-hybridized carbons (Fsp3) is 0. The van der Waals surface area contributed by atoms with Crippen LogP contribution >= 0.6 is 0 Å². The molecule has 0 unspecified atom stereocenters. The van der Waals surface area contributed by atoms with E-state index in [1.165, 1.54) is 0 Å². The van der Waals surface area contributed by atoms with E-state index in [2.05, 4.69) is 0 Å². The molecule has 0 fully saturated rings. The topological polar surface area (TPSA) is 197 Å². The zero-order chi connectivity index (χ0) is 3.58. The van der Waals surface area contributed by atoms with Gasteiger partial charge in [-0.1, -0.05) is 0 Å². The third kappa shape index (κ3) is 41800. The summed E-state index contributed by atoms with van der Waals surface area (Å²) in [4.78, 5) is 8.36. The Balaban J connectivity index is -0.00000000214. The van der Waals surface area contributed by atoms with Crippen molar-refractivity contribution in [3.63, 3.8) is 0 Å². The van der Waals surface area contributed by atoms with Crippen LogP contribution in [-0.2, 0) is 16.8 Å². The fourth-order valence-corrected chi connectivity index (χ4v) is 0. The van der Waals surface area contributed by atoms with Crippen LogP contribution in [-0.4, -0.2) is 10.3 Å². The van der Waals surface area contributed by atoms with Crippen LogP contribution in [0, 0.1) is 10.1 Å². The van der Waals surface area contributed by atoms with Crippen molar-refractivity contribution in [2.45, 2.75) is 0 Å². The summed E-state index contributed by atoms with van der Waals surface area (Å²) in [5, 5.41) is 13.6. The van der Waals surface area contributed by atoms with Gasteiger partial charge in [0.1, 0.15) is 0 Å². The minimum atomic E-state index is -1.50. The molecule has 0 aromatic carbocycles. The first-order valence-corrected chi connectivity index (χ1v) is 0.565. The molecule has 0 saturated carbocycles. The number of rotatable bonds is 0. The van der Waals surface area contributed by atoms with Gasteiger partial charge in [0.2, 0.25) is 0 Å². The summed E-state index contributed by atoms with van der Waals surface area (Å²) in [6.07, 6.45) is 0. The van der Waals surface area contributed by atoms with Gasteiger partial charge in [0.15, 0.2) is 0 Å². The molecule has 0 aliphatic rings. The second-order valence-electron chi connectivity index (χ2n) is 0.238. The predicted molar refractivity (Wildman–Crippen MR) is 29.9 cm³/mol. The molecule has 9 N–H and O–H groups in total. The molecule has 0 saturated heterocycles. The molecule has 11 heteroatoms. The fourth-order valence-electron chi connectivity index (χ4n) is 0. The average molecular weight is 257 g/mol. The van der Waals surface area contributed by atoms with Crippen LogP contribution in [0.1, 0.15) is 0 Å². The maximum atomic E-state index is 8.36. The van der Waals surface area contributed by atoms with Gasteiger partial charge in [0, 0.05) is 0 Å². The molecule has 8 nitrogen and oxygen atoms in total. The van der Waals surface area contributed by atoms with Crippen molar-refractivity contribution < 1.29 is 51.9 Å². The van der Waals surface area contributed by atoms with Crippen LogP contribution in [0.25, 0.3) is 24.6 Å². The number of halogens is 2. The second-order valence-corrected chi connectivity index (χ2v) is 0.238. The van der Waals surface area contributed by atoms with Gasteiger partial charge in [0.25, 0.3) is 5.09 Å². The molecule has 0 aromatic heterocycles. The second kappa shape index (κ2) is 86.3. The third-order valence-corrected chi connectivity index (χ3v) is 0. The van der Waals surface area contributed by atoms with E-state index in [-0.39, 0.29) is 66.2 Å². The van der Waals surface area contributed by atoms with Gasteiger partial charge >= 0.3 is 16.8 Å². The summed E-state index contributed by atoms with van der Waals surface area (Å²) in [7, 11) is 0. The zero-order valence-corrected chi connectivity index (χ0v) is 7.66. The van der Waals surface area contributed by atoms with Gasteiger partial charge in [-0.05, 0) is 0 Å². The minimum absolute atomic E-state index is 0. The Hall–Kier alpha value is 0.126. The molecule has 0 spiro atoms. The largest absolute Gasteiger partial charge is 3.00 e. The van der Waals surface area contributed by atoms with Gasteiger partial charge in [-0.3, -0.25) is 0 Å². The van der Waals surface area contributed by atoms with Crippen molar-refractivity contribution in [1.29, 1.82) is 0 Å². The molecule has 0 aliphatic heterocycles. The van der Waals surface area contributed by atoms with Gasteiger partial charge in [-0.2, -0.15) is 0 Å². The third-order valence-electron chi connectivity index (χ3n) is 0. The molecule has 11 heavy (non-hydrogen) atoms. The standard InChI is InChI=1S/2ClH.Co.HNO3.4H2N/c;;;2-1(3)4;;;;/h2*1H;;(H,2,3,4);4*1H2/q;;+3;;4*-1/p-2. The first-order chi connectivity index (χ1) is 1.73. The first-order valence-electron chi connectivity index (χ1n) is 0.565. The summed E-state index contributed by atoms with van der Waals surface area (Å²) in [5.74, 6) is 0. The van der Waals surface area contributed by atoms with Crippen molar-refractivity contribution in [3.8, 4) is 0 Å². The summed E-state index contributed by atoms with van der Waals surface area (Å²) in [6, 6.07) is 0. The maximum Gasteiger partial charge on any atom is 3.00 e. The molecule has 0 aliphatic carbocycles. The molecule has 78 valence electrons. The smallest absolute Gasteiger partial charge is 1.00 e. The Labute approximate surface area is 86.9 Å². The predicted octanol–water partition coefficient (Wildman–Crippen LogP) is -3.47. The normalized spacial score (nSPS) is 2.18. The Morgan fingerprint density at radius 2 is 1.00 bits per heavy atom. The van der Waals surface area contributed by atoms with E-state index < -0.39 is 5.09 Å². The van der Waals surface area contributed by atoms with Gasteiger partial charge in [-0.15, -0.1) is 10.1 Å². The molecule has 0 bridgehead atoms. The van der Waals surface area contributed by atoms with Crippen LogP contribution < -0.4 is 24.8 Å². The van der Waals surface area contributed by atoms with Gasteiger partial charge < -0.3 is 54.6 Å². The maximum absolute atomic E-state index is 8.36. The van der Waals surface area contributed by atoms with E-state index in [9.17, 15) is 0 Å². The molecule has 0 aromatic rings. The van der Waals surface area contributed by atoms with Crippen molar-refractivity contribution in [2.24, 2.45) is 0 Å². The van der Waals surface area contributed by atoms with Crippen LogP contribution in [0.5, 0.6) is 0 Å². The Morgan fingerprint density at radius 3 is 1.00 bits per heavy atom. The van der Waals surface area contributed by atoms with Crippen molar-refractivity contribution in [2.75, 3.05) is 0 Å². The molecule has 0 rings (SSSR count). The summed E-state index contributed by atoms with van der Waals surface area (Å²) < 4.78 is 0. The van der Waals surface area contributed by atoms with Crippen molar-refractivity contribution >= 4 is 0 Å². The molecule has 0 amide bonds. The Kier molecular flexibility index (Phi) is 916. The average Bonchev–Trinajstić information content (AvgIpc) is 0.811. The summed E-state index contributed by atoms with van der Waals surface area (Å²) in [6.45, 7) is 0. The van der Waals surface area contributed by atoms with Gasteiger partial charge in [-0.25, -0.2) is 0 Å². The summed E-state index contributed by atoms with van der Waals surface area (Å²) in [5.41, 5.74) is 0. The van der Waals surface area contributed by atoms with Crippen LogP contribution in [0.3, 0.4) is 0 Å². The van der Waals surface area contributed by atoms with E-state index in [1.54, 1.807) is 0 Å². The zero-order valence-electron chi connectivity index (χ0n) is 5.11. The first kappa shape index (κ1) is 117. The van der Waals surface area contributed by atoms with E-state index in [4.69, 9.17) is 15.3 Å². The van der Waals surface area contributed by atoms with Crippen molar-refractivity contribution in [1.82, 2.24) is 0 Å². The summed E-state index contributed by atoms with van der Waals surface area (Å²) >= 11 is 0. The minimum Gasteiger partial charge on any atom is -1.00 e. The molecular formula is H9Cl2CoN5O3-3. The van der Waals surface area contributed by atoms with E-state index >= 15 is 0 Å². The molecule has 0 atom stereocenters. The number of nitrogens with two attached hydrogens (primary N) is 4. The molecule has 0 heterocycles. The van der Waals surface area contributed by atoms with Crippen molar-refractivity contribution in [3.05, 3.63) is 34.7 Å². The molecule has 0 radical (unpaired) electrons. The quantitative estimate of drug-likeness (QED) is 0.347. The van der Waals surface area contributed by atoms with E-state index in [0.29, 0.717) is 0 Å². The van der Waals surface area contributed by atoms with Crippen LogP contribution in [0.4, 0.5) is 0 Å². The number of hydrogen-bond acceptors (Lipinski definition) is 2. The van der Waals surface area contributed by atoms with Crippen LogP contribution in [0.2, 0.25) is 0 Å². The Morgan fingerprint density at radius 1 is 1.00 bits per heavy atom. The monoisotopic (exact) mass is 256 g/mol. The molecular weight excluding hydrogens is 248 g/mol. The van der Waals surface area contributed by atoms with E-state index in [1.807, 2.05) is 0 Å². The van der Waals surface area contributed by atoms with Gasteiger partial charge in [0.05, 0.1) is 0 Å².